The number of hydrogen-bond acceptors (Lipinski definition) is 5. The Labute approximate surface area is 110 Å². The minimum Gasteiger partial charge on any atom is -0.744 e. The predicted octanol–water partition coefficient (Wildman–Crippen LogP) is -1.39. The summed E-state index contributed by atoms with van der Waals surface area (Å²) in [6.07, 6.45) is 0. The van der Waals surface area contributed by atoms with E-state index in [0.29, 0.717) is 5.56 Å². The van der Waals surface area contributed by atoms with Crippen molar-refractivity contribution in [2.75, 3.05) is 0 Å². The van der Waals surface area contributed by atoms with E-state index in [2.05, 4.69) is 5.18 Å². The van der Waals surface area contributed by atoms with Gasteiger partial charge in [0, 0.05) is 0 Å². The van der Waals surface area contributed by atoms with Gasteiger partial charge in [-0.3, -0.25) is 0 Å². The molecule has 1 aromatic rings. The normalized spacial score (nSPS) is 10.6. The molecule has 0 aromatic heterocycles. The van der Waals surface area contributed by atoms with Gasteiger partial charge in [-0.15, -0.1) is 4.91 Å². The fraction of sp³-hybridized carbons (Fsp3) is 0.250. The van der Waals surface area contributed by atoms with E-state index in [1.54, 1.807) is 6.92 Å². The minimum absolute atomic E-state index is 0. The summed E-state index contributed by atoms with van der Waals surface area (Å²) in [4.78, 5) is 9.99. The van der Waals surface area contributed by atoms with Crippen LogP contribution in [0.5, 0.6) is 0 Å². The van der Waals surface area contributed by atoms with Crippen LogP contribution in [-0.2, 0) is 10.1 Å². The van der Waals surface area contributed by atoms with Crippen LogP contribution in [-0.4, -0.2) is 13.0 Å². The molecule has 0 heterocycles. The molecule has 15 heavy (non-hydrogen) atoms. The van der Waals surface area contributed by atoms with E-state index < -0.39 is 15.0 Å². The minimum atomic E-state index is -4.53. The van der Waals surface area contributed by atoms with Gasteiger partial charge in [-0.1, -0.05) is 6.07 Å². The molecular weight excluding hydrogens is 229 g/mol. The maximum atomic E-state index is 10.7. The molecule has 0 fully saturated rings. The second-order valence-electron chi connectivity index (χ2n) is 2.90. The van der Waals surface area contributed by atoms with Crippen molar-refractivity contribution in [3.8, 4) is 0 Å². The summed E-state index contributed by atoms with van der Waals surface area (Å²) in [6, 6.07) is 2.57. The van der Waals surface area contributed by atoms with Gasteiger partial charge in [0.2, 0.25) is 0 Å². The average Bonchev–Trinajstić information content (AvgIpc) is 2.02. The zero-order chi connectivity index (χ0) is 10.9. The molecule has 0 aliphatic heterocycles. The first-order valence-corrected chi connectivity index (χ1v) is 5.18. The molecule has 1 rings (SSSR count). The number of hydrogen-bond donors (Lipinski definition) is 0. The van der Waals surface area contributed by atoms with Crippen LogP contribution < -0.4 is 29.6 Å². The number of rotatable bonds is 2. The average molecular weight is 237 g/mol. The summed E-state index contributed by atoms with van der Waals surface area (Å²) in [5, 5.41) is 2.69. The Hall–Kier alpha value is -0.270. The number of aryl methyl sites for hydroxylation is 1. The molecule has 76 valence electrons. The molecule has 0 N–H and O–H groups in total. The zero-order valence-electron chi connectivity index (χ0n) is 8.64. The molecule has 5 nitrogen and oxygen atoms in total. The molecular formula is C8H8NNaO4S. The Morgan fingerprint density at radius 2 is 1.80 bits per heavy atom. The summed E-state index contributed by atoms with van der Waals surface area (Å²) in [7, 11) is -4.53. The standard InChI is InChI=1S/C8H9NO4S.Na/c1-5-3-4-7(14(11,12)13)6(2)8(5)9-10;/h3-4H,1-2H3,(H,11,12,13);/q;+1/p-1. The van der Waals surface area contributed by atoms with Crippen molar-refractivity contribution in [2.45, 2.75) is 18.7 Å². The molecule has 0 unspecified atom stereocenters. The van der Waals surface area contributed by atoms with Crippen LogP contribution in [0.25, 0.3) is 0 Å². The van der Waals surface area contributed by atoms with Crippen LogP contribution >= 0.6 is 0 Å². The first-order chi connectivity index (χ1) is 6.38. The summed E-state index contributed by atoms with van der Waals surface area (Å²) >= 11 is 0. The van der Waals surface area contributed by atoms with E-state index in [1.165, 1.54) is 19.1 Å². The van der Waals surface area contributed by atoms with Crippen LogP contribution in [0.4, 0.5) is 5.69 Å². The summed E-state index contributed by atoms with van der Waals surface area (Å²) < 4.78 is 32.2. The Kier molecular flexibility index (Phi) is 5.08. The Morgan fingerprint density at radius 1 is 1.27 bits per heavy atom. The van der Waals surface area contributed by atoms with Crippen molar-refractivity contribution in [2.24, 2.45) is 5.18 Å². The smallest absolute Gasteiger partial charge is 0.744 e. The molecule has 0 saturated heterocycles. The van der Waals surface area contributed by atoms with Crippen molar-refractivity contribution in [1.82, 2.24) is 0 Å². The summed E-state index contributed by atoms with van der Waals surface area (Å²) in [6.45, 7) is 3.00. The van der Waals surface area contributed by atoms with Gasteiger partial charge in [-0.25, -0.2) is 8.42 Å². The third kappa shape index (κ3) is 3.09. The molecule has 0 aliphatic rings. The molecule has 0 bridgehead atoms. The number of nitroso groups, excluding NO2 is 1. The van der Waals surface area contributed by atoms with Gasteiger partial charge in [0.05, 0.1) is 4.90 Å². The van der Waals surface area contributed by atoms with Crippen molar-refractivity contribution in [3.05, 3.63) is 28.2 Å². The Bertz CT molecular complexity index is 484. The third-order valence-corrected chi connectivity index (χ3v) is 2.92. The van der Waals surface area contributed by atoms with Crippen LogP contribution in [0, 0.1) is 18.8 Å². The van der Waals surface area contributed by atoms with E-state index in [9.17, 15) is 17.9 Å². The van der Waals surface area contributed by atoms with Gasteiger partial charge in [-0.2, -0.15) is 0 Å². The fourth-order valence-corrected chi connectivity index (χ4v) is 1.93. The fourth-order valence-electron chi connectivity index (χ4n) is 1.23. The molecule has 0 spiro atoms. The van der Waals surface area contributed by atoms with Gasteiger partial charge >= 0.3 is 29.6 Å². The van der Waals surface area contributed by atoms with E-state index in [0.717, 1.165) is 0 Å². The van der Waals surface area contributed by atoms with Crippen molar-refractivity contribution in [3.63, 3.8) is 0 Å². The summed E-state index contributed by atoms with van der Waals surface area (Å²) in [5.74, 6) is 0. The number of nitrogens with zero attached hydrogens (tertiary/aromatic N) is 1. The molecule has 0 saturated carbocycles. The molecule has 0 atom stereocenters. The van der Waals surface area contributed by atoms with Gasteiger partial charge in [0.15, 0.2) is 0 Å². The Balaban J connectivity index is 0.00000196. The van der Waals surface area contributed by atoms with Crippen LogP contribution in [0.15, 0.2) is 22.2 Å². The van der Waals surface area contributed by atoms with Crippen LogP contribution in [0.3, 0.4) is 0 Å². The molecule has 0 aliphatic carbocycles. The first kappa shape index (κ1) is 14.7. The second-order valence-corrected chi connectivity index (χ2v) is 4.25. The number of benzene rings is 1. The maximum Gasteiger partial charge on any atom is 1.00 e. The quantitative estimate of drug-likeness (QED) is 0.360. The molecule has 7 heteroatoms. The molecule has 0 radical (unpaired) electrons. The van der Waals surface area contributed by atoms with Crippen molar-refractivity contribution in [1.29, 1.82) is 0 Å². The largest absolute Gasteiger partial charge is 1.00 e. The SMILES string of the molecule is Cc1ccc(S(=O)(=O)[O-])c(C)c1N=O.[Na+]. The van der Waals surface area contributed by atoms with E-state index in [-0.39, 0.29) is 40.8 Å². The maximum absolute atomic E-state index is 10.7. The van der Waals surface area contributed by atoms with Crippen LogP contribution in [0.2, 0.25) is 0 Å². The zero-order valence-corrected chi connectivity index (χ0v) is 11.5. The van der Waals surface area contributed by atoms with E-state index >= 15 is 0 Å². The van der Waals surface area contributed by atoms with Gasteiger partial charge in [0.1, 0.15) is 15.8 Å². The Morgan fingerprint density at radius 3 is 2.20 bits per heavy atom. The molecule has 1 aromatic carbocycles. The monoisotopic (exact) mass is 237 g/mol. The first-order valence-electron chi connectivity index (χ1n) is 3.77. The van der Waals surface area contributed by atoms with Crippen LogP contribution in [0.1, 0.15) is 11.1 Å². The van der Waals surface area contributed by atoms with Gasteiger partial charge < -0.3 is 4.55 Å². The summed E-state index contributed by atoms with van der Waals surface area (Å²) in [5.41, 5.74) is 0.668. The van der Waals surface area contributed by atoms with E-state index in [4.69, 9.17) is 0 Å². The topological polar surface area (TPSA) is 86.6 Å². The van der Waals surface area contributed by atoms with Gasteiger partial charge in [0.25, 0.3) is 0 Å². The van der Waals surface area contributed by atoms with Crippen molar-refractivity contribution >= 4 is 15.8 Å². The molecule has 0 amide bonds. The van der Waals surface area contributed by atoms with Crippen molar-refractivity contribution < 1.29 is 42.5 Å². The van der Waals surface area contributed by atoms with Gasteiger partial charge in [-0.05, 0) is 36.2 Å². The second kappa shape index (κ2) is 5.18. The van der Waals surface area contributed by atoms with E-state index in [1.807, 2.05) is 0 Å². The predicted molar refractivity (Wildman–Crippen MR) is 49.3 cm³/mol. The third-order valence-electron chi connectivity index (χ3n) is 1.94.